The van der Waals surface area contributed by atoms with Gasteiger partial charge in [-0.1, -0.05) is 30.4 Å². The van der Waals surface area contributed by atoms with Crippen molar-refractivity contribution in [3.8, 4) is 5.75 Å². The monoisotopic (exact) mass is 467 g/mol. The van der Waals surface area contributed by atoms with Crippen LogP contribution in [-0.2, 0) is 28.9 Å². The third-order valence-electron chi connectivity index (χ3n) is 7.22. The minimum Gasteiger partial charge on any atom is -0.493 e. The molecule has 0 saturated heterocycles. The van der Waals surface area contributed by atoms with E-state index >= 15 is 0 Å². The summed E-state index contributed by atoms with van der Waals surface area (Å²) in [6.07, 6.45) is 13.2. The highest BCUT2D eigenvalue weighted by Crippen LogP contribution is 2.49. The number of hydrogen-bond acceptors (Lipinski definition) is 5. The van der Waals surface area contributed by atoms with E-state index in [0.29, 0.717) is 19.8 Å². The summed E-state index contributed by atoms with van der Waals surface area (Å²) in [5.74, 6) is 1.67. The maximum absolute atomic E-state index is 13.1. The molecule has 2 aromatic heterocycles. The van der Waals surface area contributed by atoms with E-state index in [2.05, 4.69) is 40.2 Å². The van der Waals surface area contributed by atoms with Crippen LogP contribution in [0.25, 0.3) is 10.9 Å². The first-order valence-electron chi connectivity index (χ1n) is 12.4. The molecule has 0 saturated carbocycles. The normalized spacial score (nSPS) is 17.1. The Labute approximate surface area is 205 Å². The molecule has 2 aliphatic carbocycles. The molecule has 6 nitrogen and oxygen atoms in total. The highest BCUT2D eigenvalue weighted by Gasteiger charge is 2.50. The van der Waals surface area contributed by atoms with Gasteiger partial charge in [0, 0.05) is 42.3 Å². The van der Waals surface area contributed by atoms with E-state index < -0.39 is 5.41 Å². The Morgan fingerprint density at radius 2 is 2.00 bits per heavy atom. The Bertz CT molecular complexity index is 1370. The molecular formula is C29H29N3O3. The third kappa shape index (κ3) is 3.73. The number of carbonyl (C=O) groups is 1. The SMILES string of the molecule is CCOC(=O)C1(Cn2ccc3cc(OCCc4ccc5c(n4)NCCC5)ccc32)C2=CC=C1C=C2. The zero-order valence-corrected chi connectivity index (χ0v) is 19.9. The molecule has 178 valence electrons. The van der Waals surface area contributed by atoms with E-state index in [1.165, 1.54) is 5.56 Å². The smallest absolute Gasteiger partial charge is 0.322 e. The fraction of sp³-hybridized carbons (Fsp3) is 0.310. The first kappa shape index (κ1) is 21.7. The van der Waals surface area contributed by atoms with E-state index in [4.69, 9.17) is 14.5 Å². The molecule has 1 aromatic carbocycles. The van der Waals surface area contributed by atoms with Gasteiger partial charge in [-0.3, -0.25) is 4.79 Å². The Balaban J connectivity index is 1.16. The maximum atomic E-state index is 13.1. The van der Waals surface area contributed by atoms with Gasteiger partial charge in [0.05, 0.1) is 13.2 Å². The van der Waals surface area contributed by atoms with E-state index in [9.17, 15) is 4.79 Å². The number of esters is 1. The van der Waals surface area contributed by atoms with Crippen LogP contribution >= 0.6 is 0 Å². The molecule has 0 amide bonds. The van der Waals surface area contributed by atoms with E-state index in [1.807, 2.05) is 43.5 Å². The molecule has 6 heteroatoms. The lowest BCUT2D eigenvalue weighted by atomic mass is 9.81. The first-order valence-corrected chi connectivity index (χ1v) is 12.4. The summed E-state index contributed by atoms with van der Waals surface area (Å²) in [6, 6.07) is 12.5. The number of ether oxygens (including phenoxy) is 2. The summed E-state index contributed by atoms with van der Waals surface area (Å²) in [6.45, 7) is 4.29. The second-order valence-electron chi connectivity index (χ2n) is 9.31. The number of allylic oxidation sites excluding steroid dienone is 4. The van der Waals surface area contributed by atoms with E-state index in [-0.39, 0.29) is 5.97 Å². The number of aryl methyl sites for hydroxylation is 1. The van der Waals surface area contributed by atoms with E-state index in [1.54, 1.807) is 0 Å². The van der Waals surface area contributed by atoms with Crippen LogP contribution in [0.15, 0.2) is 78.0 Å². The van der Waals surface area contributed by atoms with Crippen molar-refractivity contribution in [2.45, 2.75) is 32.7 Å². The number of benzene rings is 1. The molecular weight excluding hydrogens is 438 g/mol. The number of aromatic nitrogens is 2. The molecule has 6 rings (SSSR count). The zero-order chi connectivity index (χ0) is 23.8. The maximum Gasteiger partial charge on any atom is 0.322 e. The second-order valence-corrected chi connectivity index (χ2v) is 9.31. The van der Waals surface area contributed by atoms with E-state index in [0.717, 1.165) is 65.1 Å². The van der Waals surface area contributed by atoms with Crippen LogP contribution in [0.3, 0.4) is 0 Å². The molecule has 0 spiro atoms. The summed E-state index contributed by atoms with van der Waals surface area (Å²) in [7, 11) is 0. The Hall–Kier alpha value is -3.80. The summed E-state index contributed by atoms with van der Waals surface area (Å²) < 4.78 is 13.7. The lowest BCUT2D eigenvalue weighted by molar-refractivity contribution is -0.151. The van der Waals surface area contributed by atoms with Gasteiger partial charge in [-0.15, -0.1) is 0 Å². The lowest BCUT2D eigenvalue weighted by Gasteiger charge is -2.28. The molecule has 3 aromatic rings. The number of fused-ring (bicyclic) bond motifs is 4. The Morgan fingerprint density at radius 1 is 1.14 bits per heavy atom. The van der Waals surface area contributed by atoms with Gasteiger partial charge in [-0.25, -0.2) is 4.98 Å². The van der Waals surface area contributed by atoms with Gasteiger partial charge in [0.2, 0.25) is 0 Å². The predicted molar refractivity (Wildman–Crippen MR) is 137 cm³/mol. The van der Waals surface area contributed by atoms with Crippen molar-refractivity contribution in [1.82, 2.24) is 9.55 Å². The summed E-state index contributed by atoms with van der Waals surface area (Å²) >= 11 is 0. The molecule has 1 aliphatic heterocycles. The van der Waals surface area contributed by atoms with Crippen molar-refractivity contribution < 1.29 is 14.3 Å². The Morgan fingerprint density at radius 3 is 2.80 bits per heavy atom. The van der Waals surface area contributed by atoms with Gasteiger partial charge in [-0.05, 0) is 66.8 Å². The van der Waals surface area contributed by atoms with Crippen molar-refractivity contribution in [1.29, 1.82) is 0 Å². The number of rotatable bonds is 8. The third-order valence-corrected chi connectivity index (χ3v) is 7.22. The van der Waals surface area contributed by atoms with Gasteiger partial charge in [-0.2, -0.15) is 0 Å². The molecule has 0 atom stereocenters. The average molecular weight is 468 g/mol. The first-order chi connectivity index (χ1) is 17.2. The highest BCUT2D eigenvalue weighted by molar-refractivity contribution is 5.91. The quantitative estimate of drug-likeness (QED) is 0.472. The lowest BCUT2D eigenvalue weighted by Crippen LogP contribution is -2.36. The van der Waals surface area contributed by atoms with Crippen LogP contribution in [0.2, 0.25) is 0 Å². The van der Waals surface area contributed by atoms with Crippen molar-refractivity contribution >= 4 is 22.7 Å². The summed E-state index contributed by atoms with van der Waals surface area (Å²) in [5.41, 5.74) is 4.65. The number of carbonyl (C=O) groups excluding carboxylic acids is 1. The fourth-order valence-electron chi connectivity index (χ4n) is 5.39. The number of nitrogens with zero attached hydrogens (tertiary/aromatic N) is 2. The number of anilines is 1. The molecule has 35 heavy (non-hydrogen) atoms. The minimum absolute atomic E-state index is 0.187. The number of hydrogen-bond donors (Lipinski definition) is 1. The molecule has 3 aliphatic rings. The molecule has 0 fully saturated rings. The summed E-state index contributed by atoms with van der Waals surface area (Å²) in [5, 5.41) is 4.47. The number of nitrogens with one attached hydrogen (secondary N) is 1. The molecule has 0 unspecified atom stereocenters. The van der Waals surface area contributed by atoms with Crippen LogP contribution in [0.4, 0.5) is 5.82 Å². The standard InChI is InChI=1S/C29H29N3O3/c1-2-34-28(33)29(22-6-7-23(29)9-8-22)19-32-16-13-21-18-25(11-12-26(21)32)35-17-14-24-10-5-20-4-3-15-30-27(20)31-24/h5-13,16,18H,2-4,14-15,17,19H2,1H3,(H,30,31). The average Bonchev–Trinajstić information content (AvgIpc) is 3.56. The Kier molecular flexibility index (Phi) is 5.44. The van der Waals surface area contributed by atoms with Crippen LogP contribution in [0.5, 0.6) is 5.75 Å². The van der Waals surface area contributed by atoms with Crippen molar-refractivity contribution in [3.63, 3.8) is 0 Å². The summed E-state index contributed by atoms with van der Waals surface area (Å²) in [4.78, 5) is 17.8. The van der Waals surface area contributed by atoms with Crippen molar-refractivity contribution in [2.75, 3.05) is 25.1 Å². The molecule has 3 heterocycles. The van der Waals surface area contributed by atoms with Crippen LogP contribution in [-0.4, -0.2) is 35.3 Å². The fourth-order valence-corrected chi connectivity index (χ4v) is 5.39. The van der Waals surface area contributed by atoms with Gasteiger partial charge in [0.1, 0.15) is 17.0 Å². The van der Waals surface area contributed by atoms with Crippen LogP contribution < -0.4 is 10.1 Å². The minimum atomic E-state index is -0.756. The van der Waals surface area contributed by atoms with Gasteiger partial charge >= 0.3 is 5.97 Å². The molecule has 1 N–H and O–H groups in total. The van der Waals surface area contributed by atoms with Gasteiger partial charge in [0.25, 0.3) is 0 Å². The topological polar surface area (TPSA) is 65.4 Å². The van der Waals surface area contributed by atoms with Crippen molar-refractivity contribution in [2.24, 2.45) is 5.41 Å². The van der Waals surface area contributed by atoms with Gasteiger partial charge < -0.3 is 19.4 Å². The predicted octanol–water partition coefficient (Wildman–Crippen LogP) is 5.00. The second kappa shape index (κ2) is 8.77. The molecule has 0 radical (unpaired) electrons. The number of pyridine rings is 1. The van der Waals surface area contributed by atoms with Crippen LogP contribution in [0, 0.1) is 5.41 Å². The van der Waals surface area contributed by atoms with Gasteiger partial charge in [0.15, 0.2) is 0 Å². The largest absolute Gasteiger partial charge is 0.493 e. The van der Waals surface area contributed by atoms with Crippen LogP contribution in [0.1, 0.15) is 24.6 Å². The molecule has 2 bridgehead atoms. The highest BCUT2D eigenvalue weighted by atomic mass is 16.5. The van der Waals surface area contributed by atoms with Crippen molar-refractivity contribution in [3.05, 3.63) is 89.3 Å². The zero-order valence-electron chi connectivity index (χ0n) is 19.9.